The van der Waals surface area contributed by atoms with Gasteiger partial charge in [0.05, 0.1) is 33.1 Å². The van der Waals surface area contributed by atoms with Crippen molar-refractivity contribution in [2.45, 2.75) is 6.92 Å². The van der Waals surface area contributed by atoms with E-state index in [1.54, 1.807) is 24.3 Å². The number of hydrogen-bond donors (Lipinski definition) is 1. The molecule has 0 fully saturated rings. The Morgan fingerprint density at radius 1 is 1.21 bits per heavy atom. The largest absolute Gasteiger partial charge is 0.352 e. The maximum absolute atomic E-state index is 8.83. The molecule has 0 unspecified atom stereocenters. The first-order valence-electron chi connectivity index (χ1n) is 5.44. The molecule has 0 saturated carbocycles. The van der Waals surface area contributed by atoms with Crippen molar-refractivity contribution < 1.29 is 0 Å². The predicted octanol–water partition coefficient (Wildman–Crippen LogP) is 5.68. The second kappa shape index (κ2) is 5.83. The van der Waals surface area contributed by atoms with Gasteiger partial charge in [-0.15, -0.1) is 0 Å². The van der Waals surface area contributed by atoms with E-state index in [0.717, 1.165) is 15.7 Å². The number of nitrogens with one attached hydrogen (secondary N) is 1. The van der Waals surface area contributed by atoms with Gasteiger partial charge in [-0.25, -0.2) is 0 Å². The molecule has 2 aromatic carbocycles. The van der Waals surface area contributed by atoms with Crippen LogP contribution < -0.4 is 5.32 Å². The molecule has 0 saturated heterocycles. The van der Waals surface area contributed by atoms with E-state index in [4.69, 9.17) is 28.5 Å². The maximum atomic E-state index is 8.83. The molecule has 2 rings (SSSR count). The van der Waals surface area contributed by atoms with Crippen molar-refractivity contribution >= 4 is 50.5 Å². The van der Waals surface area contributed by atoms with E-state index in [9.17, 15) is 0 Å². The predicted molar refractivity (Wildman–Crippen MR) is 83.3 cm³/mol. The molecular formula is C14H9BrCl2N2. The van der Waals surface area contributed by atoms with Gasteiger partial charge in [0.25, 0.3) is 0 Å². The lowest BCUT2D eigenvalue weighted by Crippen LogP contribution is -1.95. The van der Waals surface area contributed by atoms with Crippen LogP contribution in [0.15, 0.2) is 34.8 Å². The van der Waals surface area contributed by atoms with Gasteiger partial charge in [-0.2, -0.15) is 5.26 Å². The van der Waals surface area contributed by atoms with Crippen molar-refractivity contribution in [3.63, 3.8) is 0 Å². The molecule has 2 aromatic rings. The second-order valence-corrected chi connectivity index (χ2v) is 5.62. The molecule has 0 aliphatic rings. The van der Waals surface area contributed by atoms with Gasteiger partial charge < -0.3 is 5.32 Å². The van der Waals surface area contributed by atoms with Crippen LogP contribution in [0.4, 0.5) is 11.4 Å². The van der Waals surface area contributed by atoms with Gasteiger partial charge in [0.2, 0.25) is 0 Å². The summed E-state index contributed by atoms with van der Waals surface area (Å²) in [6.45, 7) is 1.91. The zero-order valence-corrected chi connectivity index (χ0v) is 13.1. The van der Waals surface area contributed by atoms with E-state index >= 15 is 0 Å². The first-order valence-corrected chi connectivity index (χ1v) is 6.99. The van der Waals surface area contributed by atoms with Crippen LogP contribution in [0.5, 0.6) is 0 Å². The minimum Gasteiger partial charge on any atom is -0.352 e. The molecule has 19 heavy (non-hydrogen) atoms. The molecule has 0 aromatic heterocycles. The maximum Gasteiger partial charge on any atom is 0.0992 e. The summed E-state index contributed by atoms with van der Waals surface area (Å²) in [7, 11) is 0. The SMILES string of the molecule is Cc1ccc(Cl)c(Nc2ccc(C#N)cc2Br)c1Cl. The lowest BCUT2D eigenvalue weighted by atomic mass is 10.2. The van der Waals surface area contributed by atoms with E-state index in [2.05, 4.69) is 27.3 Å². The normalized spacial score (nSPS) is 10.1. The van der Waals surface area contributed by atoms with Crippen LogP contribution in [-0.4, -0.2) is 0 Å². The van der Waals surface area contributed by atoms with Crippen molar-refractivity contribution in [2.75, 3.05) is 5.32 Å². The fraction of sp³-hybridized carbons (Fsp3) is 0.0714. The van der Waals surface area contributed by atoms with E-state index < -0.39 is 0 Å². The third kappa shape index (κ3) is 3.03. The Labute approximate surface area is 130 Å². The van der Waals surface area contributed by atoms with Crippen LogP contribution in [0.2, 0.25) is 10.0 Å². The third-order valence-electron chi connectivity index (χ3n) is 2.64. The number of nitriles is 1. The highest BCUT2D eigenvalue weighted by molar-refractivity contribution is 9.10. The molecule has 1 N–H and O–H groups in total. The van der Waals surface area contributed by atoms with Crippen LogP contribution >= 0.6 is 39.1 Å². The smallest absolute Gasteiger partial charge is 0.0992 e. The standard InChI is InChI=1S/C14H9BrCl2N2/c1-8-2-4-11(16)14(13(8)17)19-12-5-3-9(7-18)6-10(12)15/h2-6,19H,1H3. The average Bonchev–Trinajstić information content (AvgIpc) is 2.40. The van der Waals surface area contributed by atoms with Gasteiger partial charge >= 0.3 is 0 Å². The molecule has 0 radical (unpaired) electrons. The van der Waals surface area contributed by atoms with Gasteiger partial charge in [-0.05, 0) is 52.7 Å². The Morgan fingerprint density at radius 3 is 2.58 bits per heavy atom. The summed E-state index contributed by atoms with van der Waals surface area (Å²) in [6, 6.07) is 11.0. The zero-order chi connectivity index (χ0) is 14.0. The van der Waals surface area contributed by atoms with Crippen molar-refractivity contribution in [3.05, 3.63) is 56.0 Å². The topological polar surface area (TPSA) is 35.8 Å². The monoisotopic (exact) mass is 354 g/mol. The Bertz CT molecular complexity index is 678. The molecule has 96 valence electrons. The van der Waals surface area contributed by atoms with Crippen molar-refractivity contribution in [3.8, 4) is 6.07 Å². The third-order valence-corrected chi connectivity index (χ3v) is 4.10. The summed E-state index contributed by atoms with van der Waals surface area (Å²) in [5.41, 5.74) is 2.99. The molecule has 0 heterocycles. The highest BCUT2D eigenvalue weighted by Gasteiger charge is 2.10. The lowest BCUT2D eigenvalue weighted by molar-refractivity contribution is 1.43. The Morgan fingerprint density at radius 2 is 1.95 bits per heavy atom. The Hall–Kier alpha value is -1.21. The van der Waals surface area contributed by atoms with Gasteiger partial charge in [-0.3, -0.25) is 0 Å². The quantitative estimate of drug-likeness (QED) is 0.752. The van der Waals surface area contributed by atoms with E-state index in [0.29, 0.717) is 21.3 Å². The van der Waals surface area contributed by atoms with Gasteiger partial charge in [0.1, 0.15) is 0 Å². The highest BCUT2D eigenvalue weighted by Crippen LogP contribution is 2.37. The molecule has 0 bridgehead atoms. The number of hydrogen-bond acceptors (Lipinski definition) is 2. The molecule has 5 heteroatoms. The summed E-state index contributed by atoms with van der Waals surface area (Å²) in [5.74, 6) is 0. The van der Waals surface area contributed by atoms with Crippen molar-refractivity contribution in [1.29, 1.82) is 5.26 Å². The molecule has 0 aliphatic heterocycles. The molecule has 2 nitrogen and oxygen atoms in total. The van der Waals surface area contributed by atoms with Crippen LogP contribution in [0, 0.1) is 18.3 Å². The van der Waals surface area contributed by atoms with Crippen molar-refractivity contribution in [2.24, 2.45) is 0 Å². The fourth-order valence-corrected chi connectivity index (χ4v) is 2.54. The summed E-state index contributed by atoms with van der Waals surface area (Å²) in [5, 5.41) is 13.1. The minimum atomic E-state index is 0.548. The number of halogens is 3. The Kier molecular flexibility index (Phi) is 4.36. The molecular weight excluding hydrogens is 347 g/mol. The number of benzene rings is 2. The van der Waals surface area contributed by atoms with E-state index in [1.807, 2.05) is 13.0 Å². The molecule has 0 atom stereocenters. The number of anilines is 2. The average molecular weight is 356 g/mol. The van der Waals surface area contributed by atoms with Crippen LogP contribution in [0.3, 0.4) is 0 Å². The van der Waals surface area contributed by atoms with Crippen LogP contribution in [0.1, 0.15) is 11.1 Å². The fourth-order valence-electron chi connectivity index (χ4n) is 1.59. The summed E-state index contributed by atoms with van der Waals surface area (Å²) < 4.78 is 0.778. The number of nitrogens with zero attached hydrogens (tertiary/aromatic N) is 1. The second-order valence-electron chi connectivity index (χ2n) is 3.98. The molecule has 0 aliphatic carbocycles. The van der Waals surface area contributed by atoms with E-state index in [-0.39, 0.29) is 0 Å². The highest BCUT2D eigenvalue weighted by atomic mass is 79.9. The van der Waals surface area contributed by atoms with Crippen molar-refractivity contribution in [1.82, 2.24) is 0 Å². The van der Waals surface area contributed by atoms with Crippen LogP contribution in [-0.2, 0) is 0 Å². The minimum absolute atomic E-state index is 0.548. The number of aryl methyl sites for hydroxylation is 1. The Balaban J connectivity index is 2.42. The summed E-state index contributed by atoms with van der Waals surface area (Å²) in [6.07, 6.45) is 0. The molecule has 0 amide bonds. The molecule has 0 spiro atoms. The van der Waals surface area contributed by atoms with Gasteiger partial charge in [-0.1, -0.05) is 29.3 Å². The lowest BCUT2D eigenvalue weighted by Gasteiger charge is -2.13. The van der Waals surface area contributed by atoms with Gasteiger partial charge in [0, 0.05) is 4.47 Å². The summed E-state index contributed by atoms with van der Waals surface area (Å²) in [4.78, 5) is 0. The van der Waals surface area contributed by atoms with Crippen LogP contribution in [0.25, 0.3) is 0 Å². The zero-order valence-electron chi connectivity index (χ0n) is 9.97. The van der Waals surface area contributed by atoms with Gasteiger partial charge in [0.15, 0.2) is 0 Å². The summed E-state index contributed by atoms with van der Waals surface area (Å²) >= 11 is 15.8. The first kappa shape index (κ1) is 14.2. The van der Waals surface area contributed by atoms with E-state index in [1.165, 1.54) is 0 Å². The first-order chi connectivity index (χ1) is 9.02. The number of rotatable bonds is 2.